The predicted octanol–water partition coefficient (Wildman–Crippen LogP) is 5.81. The lowest BCUT2D eigenvalue weighted by Crippen LogP contribution is -2.36. The van der Waals surface area contributed by atoms with E-state index in [2.05, 4.69) is 57.8 Å². The molecule has 0 saturated carbocycles. The summed E-state index contributed by atoms with van der Waals surface area (Å²) in [5.74, 6) is 1.66. The molecule has 178 valence electrons. The maximum atomic E-state index is 12.5. The number of ether oxygens (including phenoxy) is 2. The molecule has 0 spiro atoms. The lowest BCUT2D eigenvalue weighted by molar-refractivity contribution is 0.122. The van der Waals surface area contributed by atoms with Gasteiger partial charge < -0.3 is 24.7 Å². The number of benzene rings is 2. The van der Waals surface area contributed by atoms with Gasteiger partial charge in [-0.2, -0.15) is 0 Å². The Morgan fingerprint density at radius 1 is 1.03 bits per heavy atom. The van der Waals surface area contributed by atoms with E-state index in [4.69, 9.17) is 9.47 Å². The minimum absolute atomic E-state index is 0.117. The zero-order valence-corrected chi connectivity index (χ0v) is 20.4. The second-order valence-electron chi connectivity index (χ2n) is 8.99. The lowest BCUT2D eigenvalue weighted by atomic mass is 9.96. The molecule has 1 saturated heterocycles. The van der Waals surface area contributed by atoms with E-state index >= 15 is 0 Å². The molecule has 6 nitrogen and oxygen atoms in total. The highest BCUT2D eigenvalue weighted by Crippen LogP contribution is 2.43. The molecule has 1 unspecified atom stereocenters. The van der Waals surface area contributed by atoms with Gasteiger partial charge in [-0.15, -0.1) is 11.3 Å². The number of fused-ring (bicyclic) bond motifs is 2. The molecule has 4 aromatic rings. The van der Waals surface area contributed by atoms with Gasteiger partial charge in [0, 0.05) is 53.0 Å². The van der Waals surface area contributed by atoms with Crippen molar-refractivity contribution < 1.29 is 9.47 Å². The van der Waals surface area contributed by atoms with Crippen LogP contribution in [0.1, 0.15) is 29.0 Å². The fraction of sp³-hybridized carbons (Fsp3) is 0.250. The molecule has 2 aliphatic rings. The summed E-state index contributed by atoms with van der Waals surface area (Å²) in [6.45, 7) is 5.08. The van der Waals surface area contributed by atoms with Crippen LogP contribution in [-0.4, -0.2) is 31.3 Å². The molecule has 1 fully saturated rings. The van der Waals surface area contributed by atoms with Crippen LogP contribution in [0.2, 0.25) is 0 Å². The number of aromatic amines is 1. The van der Waals surface area contributed by atoms with E-state index < -0.39 is 0 Å². The average molecular weight is 486 g/mol. The van der Waals surface area contributed by atoms with Crippen LogP contribution in [0.15, 0.2) is 70.8 Å². The first kappa shape index (κ1) is 21.9. The minimum atomic E-state index is -0.117. The van der Waals surface area contributed by atoms with Crippen molar-refractivity contribution in [1.29, 1.82) is 0 Å². The summed E-state index contributed by atoms with van der Waals surface area (Å²) in [7, 11) is 0. The molecule has 2 aromatic carbocycles. The van der Waals surface area contributed by atoms with Crippen molar-refractivity contribution in [3.63, 3.8) is 0 Å². The second kappa shape index (κ2) is 9.24. The Morgan fingerprint density at radius 2 is 1.91 bits per heavy atom. The summed E-state index contributed by atoms with van der Waals surface area (Å²) >= 11 is 1.76. The molecule has 2 aliphatic heterocycles. The predicted molar refractivity (Wildman–Crippen MR) is 141 cm³/mol. The molecule has 4 heterocycles. The van der Waals surface area contributed by atoms with E-state index in [1.807, 2.05) is 24.3 Å². The van der Waals surface area contributed by atoms with Crippen molar-refractivity contribution in [2.75, 3.05) is 36.5 Å². The zero-order chi connectivity index (χ0) is 23.8. The van der Waals surface area contributed by atoms with Crippen LogP contribution in [0, 0.1) is 0 Å². The SMILES string of the molecule is CC(Nc1ccc2c(c1)Cc1cccc(-c3cc(N4CCOCC4)cc(=O)[nH]3)c1O2)c1cccs1. The number of pyridine rings is 1. The number of morpholine rings is 1. The third-order valence-corrected chi connectivity index (χ3v) is 7.65. The van der Waals surface area contributed by atoms with Gasteiger partial charge in [-0.25, -0.2) is 0 Å². The van der Waals surface area contributed by atoms with Crippen molar-refractivity contribution in [3.05, 3.63) is 92.4 Å². The molecule has 0 amide bonds. The number of H-pyrrole nitrogens is 1. The van der Waals surface area contributed by atoms with Gasteiger partial charge in [0.15, 0.2) is 0 Å². The van der Waals surface area contributed by atoms with Crippen LogP contribution in [0.25, 0.3) is 11.3 Å². The van der Waals surface area contributed by atoms with Crippen LogP contribution >= 0.6 is 11.3 Å². The number of nitrogens with one attached hydrogen (secondary N) is 2. The summed E-state index contributed by atoms with van der Waals surface area (Å²) in [5.41, 5.74) is 5.79. The molecule has 2 aromatic heterocycles. The Labute approximate surface area is 208 Å². The Kier molecular flexibility index (Phi) is 5.80. The molecule has 0 aliphatic carbocycles. The van der Waals surface area contributed by atoms with Crippen molar-refractivity contribution in [2.24, 2.45) is 0 Å². The third-order valence-electron chi connectivity index (χ3n) is 6.60. The van der Waals surface area contributed by atoms with Crippen LogP contribution in [-0.2, 0) is 11.2 Å². The first-order chi connectivity index (χ1) is 17.1. The van der Waals surface area contributed by atoms with Gasteiger partial charge in [0.05, 0.1) is 24.9 Å². The molecule has 1 atom stereocenters. The van der Waals surface area contributed by atoms with E-state index in [0.29, 0.717) is 13.2 Å². The standard InChI is InChI=1S/C28H27N3O3S/c1-18(26-6-3-13-35-26)29-21-7-8-25-20(15-21)14-19-4-2-5-23(28(19)34-25)24-16-22(17-27(32)30-24)31-9-11-33-12-10-31/h2-8,13,15-18,29H,9-12,14H2,1H3,(H,30,32). The van der Waals surface area contributed by atoms with Crippen LogP contribution in [0.5, 0.6) is 11.5 Å². The van der Waals surface area contributed by atoms with Crippen molar-refractivity contribution in [1.82, 2.24) is 4.98 Å². The van der Waals surface area contributed by atoms with Gasteiger partial charge in [-0.05, 0) is 54.3 Å². The molecule has 35 heavy (non-hydrogen) atoms. The Hall–Kier alpha value is -3.55. The summed E-state index contributed by atoms with van der Waals surface area (Å²) in [6, 6.07) is 20.6. The number of anilines is 2. The molecule has 0 radical (unpaired) electrons. The fourth-order valence-electron chi connectivity index (χ4n) is 4.82. The molecule has 7 heteroatoms. The molecule has 0 bridgehead atoms. The zero-order valence-electron chi connectivity index (χ0n) is 19.5. The number of nitrogens with zero attached hydrogens (tertiary/aromatic N) is 1. The van der Waals surface area contributed by atoms with Crippen LogP contribution in [0.4, 0.5) is 11.4 Å². The van der Waals surface area contributed by atoms with Crippen LogP contribution in [0.3, 0.4) is 0 Å². The highest BCUT2D eigenvalue weighted by molar-refractivity contribution is 7.10. The van der Waals surface area contributed by atoms with Crippen molar-refractivity contribution >= 4 is 22.7 Å². The summed E-state index contributed by atoms with van der Waals surface area (Å²) in [6.07, 6.45) is 0.773. The molecular weight excluding hydrogens is 458 g/mol. The van der Waals surface area contributed by atoms with E-state index in [9.17, 15) is 4.79 Å². The smallest absolute Gasteiger partial charge is 0.250 e. The van der Waals surface area contributed by atoms with E-state index in [1.54, 1.807) is 17.4 Å². The maximum Gasteiger partial charge on any atom is 0.250 e. The number of hydrogen-bond acceptors (Lipinski definition) is 6. The van der Waals surface area contributed by atoms with Gasteiger partial charge in [0.2, 0.25) is 5.56 Å². The summed E-state index contributed by atoms with van der Waals surface area (Å²) < 4.78 is 11.9. The van der Waals surface area contributed by atoms with Gasteiger partial charge in [-0.3, -0.25) is 4.79 Å². The first-order valence-electron chi connectivity index (χ1n) is 11.9. The normalized spacial score (nSPS) is 15.6. The second-order valence-corrected chi connectivity index (χ2v) is 9.97. The van der Waals surface area contributed by atoms with E-state index in [0.717, 1.165) is 64.8 Å². The molecular formula is C28H27N3O3S. The Morgan fingerprint density at radius 3 is 2.74 bits per heavy atom. The molecule has 2 N–H and O–H groups in total. The third kappa shape index (κ3) is 4.45. The Bertz CT molecular complexity index is 1410. The summed E-state index contributed by atoms with van der Waals surface area (Å²) in [5, 5.41) is 5.70. The lowest BCUT2D eigenvalue weighted by Gasteiger charge is -2.29. The Balaban J connectivity index is 1.29. The van der Waals surface area contributed by atoms with E-state index in [-0.39, 0.29) is 11.6 Å². The highest BCUT2D eigenvalue weighted by atomic mass is 32.1. The van der Waals surface area contributed by atoms with E-state index in [1.165, 1.54) is 4.88 Å². The molecule has 6 rings (SSSR count). The monoisotopic (exact) mass is 485 g/mol. The topological polar surface area (TPSA) is 66.6 Å². The van der Waals surface area contributed by atoms with Gasteiger partial charge >= 0.3 is 0 Å². The summed E-state index contributed by atoms with van der Waals surface area (Å²) in [4.78, 5) is 19.1. The van der Waals surface area contributed by atoms with Crippen LogP contribution < -0.4 is 20.5 Å². The van der Waals surface area contributed by atoms with Gasteiger partial charge in [0.1, 0.15) is 11.5 Å². The van der Waals surface area contributed by atoms with Crippen molar-refractivity contribution in [2.45, 2.75) is 19.4 Å². The van der Waals surface area contributed by atoms with Crippen molar-refractivity contribution in [3.8, 4) is 22.8 Å². The average Bonchev–Trinajstić information content (AvgIpc) is 3.43. The number of aromatic nitrogens is 1. The highest BCUT2D eigenvalue weighted by Gasteiger charge is 2.22. The first-order valence-corrected chi connectivity index (χ1v) is 12.8. The number of hydrogen-bond donors (Lipinski definition) is 2. The number of rotatable bonds is 5. The van der Waals surface area contributed by atoms with Gasteiger partial charge in [-0.1, -0.05) is 18.2 Å². The quantitative estimate of drug-likeness (QED) is 0.329. The largest absolute Gasteiger partial charge is 0.456 e. The van der Waals surface area contributed by atoms with Gasteiger partial charge in [0.25, 0.3) is 0 Å². The maximum absolute atomic E-state index is 12.5. The number of para-hydroxylation sites is 1. The fourth-order valence-corrected chi connectivity index (χ4v) is 5.55. The minimum Gasteiger partial charge on any atom is -0.456 e. The number of thiophene rings is 1.